The fourth-order valence-electron chi connectivity index (χ4n) is 1.88. The van der Waals surface area contributed by atoms with Crippen molar-refractivity contribution in [1.29, 1.82) is 0 Å². The summed E-state index contributed by atoms with van der Waals surface area (Å²) in [5.41, 5.74) is 7.62. The Bertz CT molecular complexity index is 798. The van der Waals surface area contributed by atoms with Crippen LogP contribution in [0.1, 0.15) is 9.67 Å². The summed E-state index contributed by atoms with van der Waals surface area (Å²) in [6.07, 6.45) is 3.18. The van der Waals surface area contributed by atoms with Crippen molar-refractivity contribution < 1.29 is 9.53 Å². The topological polar surface area (TPSA) is 90.1 Å². The lowest BCUT2D eigenvalue weighted by Gasteiger charge is -2.04. The van der Waals surface area contributed by atoms with Crippen LogP contribution in [0.3, 0.4) is 0 Å². The Hall–Kier alpha value is -2.67. The minimum absolute atomic E-state index is 0.275. The van der Waals surface area contributed by atoms with Gasteiger partial charge in [-0.3, -0.25) is 9.78 Å². The Morgan fingerprint density at radius 1 is 1.33 bits per heavy atom. The van der Waals surface area contributed by atoms with Gasteiger partial charge in [-0.25, -0.2) is 4.98 Å². The van der Waals surface area contributed by atoms with Crippen LogP contribution in [-0.2, 0) is 0 Å². The van der Waals surface area contributed by atoms with Crippen LogP contribution in [0, 0.1) is 0 Å². The highest BCUT2D eigenvalue weighted by Crippen LogP contribution is 2.32. The van der Waals surface area contributed by atoms with Gasteiger partial charge in [0.1, 0.15) is 10.4 Å². The number of thiophene rings is 1. The molecule has 21 heavy (non-hydrogen) atoms. The summed E-state index contributed by atoms with van der Waals surface area (Å²) in [4.78, 5) is 21.0. The van der Waals surface area contributed by atoms with Gasteiger partial charge in [-0.15, -0.1) is 11.3 Å². The van der Waals surface area contributed by atoms with Crippen LogP contribution < -0.4 is 15.8 Å². The third kappa shape index (κ3) is 2.50. The minimum atomic E-state index is -0.275. The van der Waals surface area contributed by atoms with Crippen molar-refractivity contribution in [2.45, 2.75) is 0 Å². The number of nitrogen functional groups attached to an aromatic ring is 1. The highest BCUT2D eigenvalue weighted by Gasteiger charge is 2.17. The number of pyridine rings is 2. The molecule has 0 fully saturated rings. The summed E-state index contributed by atoms with van der Waals surface area (Å²) >= 11 is 1.31. The molecule has 7 heteroatoms. The zero-order valence-electron chi connectivity index (χ0n) is 11.2. The fraction of sp³-hybridized carbons (Fsp3) is 0.0714. The predicted octanol–water partition coefficient (Wildman–Crippen LogP) is 2.53. The highest BCUT2D eigenvalue weighted by atomic mass is 32.1. The largest absolute Gasteiger partial charge is 0.481 e. The quantitative estimate of drug-likeness (QED) is 0.775. The second-order valence-electron chi connectivity index (χ2n) is 4.24. The number of amides is 1. The number of carbonyl (C=O) groups is 1. The molecule has 0 radical (unpaired) electrons. The van der Waals surface area contributed by atoms with E-state index in [1.54, 1.807) is 18.3 Å². The molecular formula is C14H12N4O2S. The Morgan fingerprint density at radius 2 is 2.19 bits per heavy atom. The normalized spacial score (nSPS) is 10.5. The van der Waals surface area contributed by atoms with Crippen molar-refractivity contribution in [3.8, 4) is 5.88 Å². The number of nitrogens with zero attached hydrogens (tertiary/aromatic N) is 2. The van der Waals surface area contributed by atoms with E-state index in [0.29, 0.717) is 27.6 Å². The van der Waals surface area contributed by atoms with E-state index in [4.69, 9.17) is 10.5 Å². The maximum Gasteiger partial charge on any atom is 0.268 e. The molecule has 0 unspecified atom stereocenters. The number of nitrogens with two attached hydrogens (primary N) is 1. The van der Waals surface area contributed by atoms with Gasteiger partial charge < -0.3 is 15.8 Å². The summed E-state index contributed by atoms with van der Waals surface area (Å²) < 4.78 is 5.85. The Morgan fingerprint density at radius 3 is 2.86 bits per heavy atom. The molecule has 3 N–H and O–H groups in total. The zero-order valence-corrected chi connectivity index (χ0v) is 12.0. The van der Waals surface area contributed by atoms with Crippen LogP contribution in [0.4, 0.5) is 11.4 Å². The third-order valence-electron chi connectivity index (χ3n) is 2.89. The summed E-state index contributed by atoms with van der Waals surface area (Å²) in [5, 5.41) is 2.76. The second-order valence-corrected chi connectivity index (χ2v) is 5.29. The smallest absolute Gasteiger partial charge is 0.268 e. The molecule has 3 rings (SSSR count). The number of anilines is 2. The van der Waals surface area contributed by atoms with Crippen molar-refractivity contribution in [2.75, 3.05) is 18.2 Å². The first kappa shape index (κ1) is 13.3. The molecule has 6 nitrogen and oxygen atoms in total. The molecule has 0 atom stereocenters. The summed E-state index contributed by atoms with van der Waals surface area (Å²) in [5.74, 6) is 0.209. The van der Waals surface area contributed by atoms with E-state index >= 15 is 0 Å². The van der Waals surface area contributed by atoms with Gasteiger partial charge in [0.15, 0.2) is 0 Å². The Balaban J connectivity index is 1.87. The van der Waals surface area contributed by atoms with Crippen LogP contribution in [0.15, 0.2) is 36.7 Å². The van der Waals surface area contributed by atoms with E-state index in [9.17, 15) is 4.79 Å². The predicted molar refractivity (Wildman–Crippen MR) is 82.8 cm³/mol. The molecule has 0 saturated heterocycles. The monoisotopic (exact) mass is 300 g/mol. The first-order chi connectivity index (χ1) is 10.2. The number of aromatic nitrogens is 2. The molecule has 0 aliphatic carbocycles. The number of ether oxygens (including phenoxy) is 1. The van der Waals surface area contributed by atoms with Crippen molar-refractivity contribution in [3.63, 3.8) is 0 Å². The highest BCUT2D eigenvalue weighted by molar-refractivity contribution is 7.21. The molecular weight excluding hydrogens is 288 g/mol. The molecule has 0 aromatic carbocycles. The van der Waals surface area contributed by atoms with Crippen LogP contribution in [0.5, 0.6) is 5.88 Å². The van der Waals surface area contributed by atoms with E-state index in [1.165, 1.54) is 24.6 Å². The molecule has 0 bridgehead atoms. The van der Waals surface area contributed by atoms with Crippen LogP contribution >= 0.6 is 11.3 Å². The van der Waals surface area contributed by atoms with Crippen molar-refractivity contribution >= 4 is 38.8 Å². The van der Waals surface area contributed by atoms with E-state index < -0.39 is 0 Å². The molecule has 106 valence electrons. The molecule has 0 aliphatic heterocycles. The van der Waals surface area contributed by atoms with Gasteiger partial charge in [-0.05, 0) is 18.2 Å². The summed E-state index contributed by atoms with van der Waals surface area (Å²) in [6.45, 7) is 0. The molecule has 0 saturated carbocycles. The maximum atomic E-state index is 12.3. The number of rotatable bonds is 3. The lowest BCUT2D eigenvalue weighted by atomic mass is 10.3. The summed E-state index contributed by atoms with van der Waals surface area (Å²) in [7, 11) is 1.53. The number of methoxy groups -OCH3 is 1. The molecule has 3 aromatic heterocycles. The number of hydrogen-bond acceptors (Lipinski definition) is 6. The van der Waals surface area contributed by atoms with Gasteiger partial charge in [0.25, 0.3) is 5.91 Å². The van der Waals surface area contributed by atoms with Crippen LogP contribution in [0.25, 0.3) is 10.2 Å². The standard InChI is InChI=1S/C14H12N4O2S/c1-20-10-5-4-8(7-17-10)18-14(19)13-11(15)12-9(21-13)3-2-6-16-12/h2-7H,15H2,1H3,(H,18,19). The van der Waals surface area contributed by atoms with Crippen LogP contribution in [-0.4, -0.2) is 23.0 Å². The van der Waals surface area contributed by atoms with Gasteiger partial charge in [0, 0.05) is 12.3 Å². The Labute approximate surface area is 124 Å². The lowest BCUT2D eigenvalue weighted by Crippen LogP contribution is -2.12. The molecule has 3 aromatic rings. The average Bonchev–Trinajstić information content (AvgIpc) is 2.86. The van der Waals surface area contributed by atoms with Crippen molar-refractivity contribution in [1.82, 2.24) is 9.97 Å². The van der Waals surface area contributed by atoms with E-state index in [1.807, 2.05) is 12.1 Å². The third-order valence-corrected chi connectivity index (χ3v) is 4.05. The SMILES string of the molecule is COc1ccc(NC(=O)c2sc3cccnc3c2N)cn1. The molecule has 3 heterocycles. The molecule has 0 aliphatic rings. The summed E-state index contributed by atoms with van der Waals surface area (Å²) in [6, 6.07) is 7.08. The lowest BCUT2D eigenvalue weighted by molar-refractivity contribution is 0.103. The number of hydrogen-bond donors (Lipinski definition) is 2. The van der Waals surface area contributed by atoms with Gasteiger partial charge in [-0.1, -0.05) is 0 Å². The van der Waals surface area contributed by atoms with Crippen LogP contribution in [0.2, 0.25) is 0 Å². The first-order valence-electron chi connectivity index (χ1n) is 6.13. The Kier molecular flexibility index (Phi) is 3.41. The minimum Gasteiger partial charge on any atom is -0.481 e. The molecule has 0 spiro atoms. The van der Waals surface area contributed by atoms with Gasteiger partial charge in [0.05, 0.1) is 29.4 Å². The number of nitrogens with one attached hydrogen (secondary N) is 1. The van der Waals surface area contributed by atoms with Crippen molar-refractivity contribution in [2.24, 2.45) is 0 Å². The van der Waals surface area contributed by atoms with E-state index in [-0.39, 0.29) is 5.91 Å². The van der Waals surface area contributed by atoms with Gasteiger partial charge >= 0.3 is 0 Å². The van der Waals surface area contributed by atoms with Crippen molar-refractivity contribution in [3.05, 3.63) is 41.5 Å². The number of carbonyl (C=O) groups excluding carboxylic acids is 1. The number of fused-ring (bicyclic) bond motifs is 1. The zero-order chi connectivity index (χ0) is 14.8. The van der Waals surface area contributed by atoms with E-state index in [2.05, 4.69) is 15.3 Å². The van der Waals surface area contributed by atoms with E-state index in [0.717, 1.165) is 4.70 Å². The fourth-order valence-corrected chi connectivity index (χ4v) is 2.86. The first-order valence-corrected chi connectivity index (χ1v) is 6.95. The second kappa shape index (κ2) is 5.37. The van der Waals surface area contributed by atoms with Gasteiger partial charge in [0.2, 0.25) is 5.88 Å². The average molecular weight is 300 g/mol. The molecule has 1 amide bonds. The van der Waals surface area contributed by atoms with Gasteiger partial charge in [-0.2, -0.15) is 0 Å². The maximum absolute atomic E-state index is 12.3.